The van der Waals surface area contributed by atoms with E-state index in [4.69, 9.17) is 9.47 Å². The van der Waals surface area contributed by atoms with Gasteiger partial charge in [0.25, 0.3) is 0 Å². The van der Waals surface area contributed by atoms with Crippen LogP contribution in [0, 0.1) is 0 Å². The molecule has 3 amide bonds. The number of ether oxygens (including phenoxy) is 2. The van der Waals surface area contributed by atoms with Gasteiger partial charge >= 0.3 is 12.1 Å². The molecule has 0 aliphatic carbocycles. The Morgan fingerprint density at radius 3 is 1.75 bits per heavy atom. The summed E-state index contributed by atoms with van der Waals surface area (Å²) in [5, 5.41) is 5.78. The van der Waals surface area contributed by atoms with Crippen molar-refractivity contribution < 1.29 is 28.7 Å². The zero-order valence-electron chi connectivity index (χ0n) is 31.6. The maximum Gasteiger partial charge on any atom is 0.408 e. The molecule has 9 heteroatoms. The molecule has 0 aliphatic rings. The van der Waals surface area contributed by atoms with E-state index < -0.39 is 58.7 Å². The van der Waals surface area contributed by atoms with Crippen LogP contribution >= 0.6 is 0 Å². The van der Waals surface area contributed by atoms with E-state index in [-0.39, 0.29) is 12.8 Å². The largest absolute Gasteiger partial charge is 0.458 e. The van der Waals surface area contributed by atoms with Crippen molar-refractivity contribution in [2.45, 2.75) is 116 Å². The summed E-state index contributed by atoms with van der Waals surface area (Å²) in [6, 6.07) is 22.5. The molecule has 0 aliphatic heterocycles. The molecule has 3 atom stereocenters. The Labute approximate surface area is 303 Å². The molecule has 3 rings (SSSR count). The second-order valence-electron chi connectivity index (χ2n) is 15.3. The van der Waals surface area contributed by atoms with Crippen LogP contribution in [0.25, 0.3) is 6.08 Å². The average molecular weight is 698 g/mol. The lowest BCUT2D eigenvalue weighted by atomic mass is 9.90. The topological polar surface area (TPSA) is 114 Å². The van der Waals surface area contributed by atoms with Gasteiger partial charge in [-0.05, 0) is 90.1 Å². The Hall–Kier alpha value is -4.92. The fraction of sp³-hybridized carbons (Fsp3) is 0.429. The van der Waals surface area contributed by atoms with E-state index in [0.717, 1.165) is 16.7 Å². The van der Waals surface area contributed by atoms with E-state index in [2.05, 4.69) is 17.2 Å². The third-order valence-corrected chi connectivity index (χ3v) is 8.29. The van der Waals surface area contributed by atoms with E-state index in [1.807, 2.05) is 87.5 Å². The van der Waals surface area contributed by atoms with Crippen molar-refractivity contribution in [3.63, 3.8) is 0 Å². The normalized spacial score (nSPS) is 13.6. The first-order valence-electron chi connectivity index (χ1n) is 17.5. The third kappa shape index (κ3) is 12.4. The van der Waals surface area contributed by atoms with Gasteiger partial charge in [0.15, 0.2) is 0 Å². The van der Waals surface area contributed by atoms with Crippen LogP contribution in [0.15, 0.2) is 91.5 Å². The van der Waals surface area contributed by atoms with Crippen molar-refractivity contribution in [3.05, 3.63) is 114 Å². The first-order valence-corrected chi connectivity index (χ1v) is 17.5. The van der Waals surface area contributed by atoms with Crippen molar-refractivity contribution in [3.8, 4) is 0 Å². The number of nitrogens with zero attached hydrogens (tertiary/aromatic N) is 1. The fourth-order valence-electron chi connectivity index (χ4n) is 5.55. The molecule has 0 heterocycles. The molecule has 0 spiro atoms. The third-order valence-electron chi connectivity index (χ3n) is 8.29. The molecule has 0 saturated heterocycles. The molecule has 0 radical (unpaired) electrons. The number of rotatable bonds is 14. The van der Waals surface area contributed by atoms with Gasteiger partial charge in [0.05, 0.1) is 0 Å². The van der Waals surface area contributed by atoms with Crippen molar-refractivity contribution >= 4 is 30.0 Å². The Kier molecular flexibility index (Phi) is 13.8. The highest BCUT2D eigenvalue weighted by atomic mass is 16.6. The Balaban J connectivity index is 2.20. The van der Waals surface area contributed by atoms with Crippen molar-refractivity contribution in [2.24, 2.45) is 0 Å². The molecule has 3 unspecified atom stereocenters. The summed E-state index contributed by atoms with van der Waals surface area (Å²) in [6.07, 6.45) is 1.69. The van der Waals surface area contributed by atoms with E-state index in [1.165, 1.54) is 4.90 Å². The lowest BCUT2D eigenvalue weighted by molar-refractivity contribution is -0.159. The lowest BCUT2D eigenvalue weighted by Crippen LogP contribution is -2.60. The van der Waals surface area contributed by atoms with Gasteiger partial charge < -0.3 is 25.0 Å². The summed E-state index contributed by atoms with van der Waals surface area (Å²) < 4.78 is 11.4. The van der Waals surface area contributed by atoms with E-state index in [0.29, 0.717) is 12.0 Å². The second kappa shape index (κ2) is 17.3. The highest BCUT2D eigenvalue weighted by molar-refractivity contribution is 5.94. The van der Waals surface area contributed by atoms with Gasteiger partial charge in [-0.2, -0.15) is 0 Å². The number of carbonyl (C=O) groups is 4. The summed E-state index contributed by atoms with van der Waals surface area (Å²) in [6.45, 7) is 20.1. The maximum absolute atomic E-state index is 15.1. The average Bonchev–Trinajstić information content (AvgIpc) is 3.05. The van der Waals surface area contributed by atoms with Gasteiger partial charge in [0.1, 0.15) is 29.3 Å². The maximum atomic E-state index is 15.1. The molecule has 51 heavy (non-hydrogen) atoms. The molecule has 3 aromatic rings. The van der Waals surface area contributed by atoms with Gasteiger partial charge in [-0.3, -0.25) is 9.59 Å². The van der Waals surface area contributed by atoms with Crippen molar-refractivity contribution in [1.82, 2.24) is 15.5 Å². The Bertz CT molecular complexity index is 1640. The number of benzene rings is 3. The van der Waals surface area contributed by atoms with Crippen LogP contribution < -0.4 is 10.6 Å². The van der Waals surface area contributed by atoms with Crippen LogP contribution in [0.3, 0.4) is 0 Å². The summed E-state index contributed by atoms with van der Waals surface area (Å²) in [7, 11) is 0. The van der Waals surface area contributed by atoms with Gasteiger partial charge in [-0.1, -0.05) is 98.4 Å². The Morgan fingerprint density at radius 2 is 1.25 bits per heavy atom. The van der Waals surface area contributed by atoms with Gasteiger partial charge in [0.2, 0.25) is 11.8 Å². The van der Waals surface area contributed by atoms with Crippen LogP contribution in [0.1, 0.15) is 97.0 Å². The second-order valence-corrected chi connectivity index (χ2v) is 15.3. The molecule has 9 nitrogen and oxygen atoms in total. The van der Waals surface area contributed by atoms with Gasteiger partial charge in [0, 0.05) is 18.4 Å². The molecule has 2 N–H and O–H groups in total. The summed E-state index contributed by atoms with van der Waals surface area (Å²) >= 11 is 0. The molecule has 0 bridgehead atoms. The van der Waals surface area contributed by atoms with E-state index in [9.17, 15) is 14.4 Å². The molecule has 274 valence electrons. The van der Waals surface area contributed by atoms with Crippen LogP contribution in [0.5, 0.6) is 0 Å². The monoisotopic (exact) mass is 697 g/mol. The molecular weight excluding hydrogens is 642 g/mol. The number of hydrogen-bond donors (Lipinski definition) is 2. The number of alkyl carbamates (subject to hydrolysis) is 1. The zero-order chi connectivity index (χ0) is 38.0. The first kappa shape index (κ1) is 40.5. The standard InChI is InChI=1S/C42H55N3O6/c1-11-29-24-19-25-32(26-29)35(36(46)43-34(38(48)50-40(3,4)5)28-31-22-17-14-18-23-31)45(42(9,10)12-2)37(47)33(27-30-20-15-13-16-21-30)44-39(49)51-41(6,7)8/h11,13-26,33-35H,1,12,27-28H2,2-10H3,(H,43,46)(H,44,49). The highest BCUT2D eigenvalue weighted by Crippen LogP contribution is 2.33. The molecule has 3 aromatic carbocycles. The predicted molar refractivity (Wildman–Crippen MR) is 202 cm³/mol. The number of amides is 3. The minimum Gasteiger partial charge on any atom is -0.458 e. The van der Waals surface area contributed by atoms with Gasteiger partial charge in [-0.25, -0.2) is 9.59 Å². The van der Waals surface area contributed by atoms with Crippen molar-refractivity contribution in [1.29, 1.82) is 0 Å². The smallest absolute Gasteiger partial charge is 0.408 e. The number of esters is 1. The number of hydrogen-bond acceptors (Lipinski definition) is 6. The predicted octanol–water partition coefficient (Wildman–Crippen LogP) is 7.59. The molecule has 0 saturated carbocycles. The van der Waals surface area contributed by atoms with E-state index >= 15 is 4.79 Å². The molecular formula is C42H55N3O6. The Morgan fingerprint density at radius 1 is 0.725 bits per heavy atom. The summed E-state index contributed by atoms with van der Waals surface area (Å²) in [5.41, 5.74) is 0.364. The van der Waals surface area contributed by atoms with Crippen LogP contribution in [-0.4, -0.2) is 57.6 Å². The van der Waals surface area contributed by atoms with Gasteiger partial charge in [-0.15, -0.1) is 0 Å². The van der Waals surface area contributed by atoms with Crippen LogP contribution in [0.4, 0.5) is 4.79 Å². The highest BCUT2D eigenvalue weighted by Gasteiger charge is 2.44. The van der Waals surface area contributed by atoms with Crippen LogP contribution in [0.2, 0.25) is 0 Å². The quantitative estimate of drug-likeness (QED) is 0.168. The fourth-order valence-corrected chi connectivity index (χ4v) is 5.55. The van der Waals surface area contributed by atoms with Crippen molar-refractivity contribution in [2.75, 3.05) is 0 Å². The minimum absolute atomic E-state index is 0.144. The molecule has 0 fully saturated rings. The summed E-state index contributed by atoms with van der Waals surface area (Å²) in [4.78, 5) is 58.4. The summed E-state index contributed by atoms with van der Waals surface area (Å²) in [5.74, 6) is -1.66. The number of nitrogens with one attached hydrogen (secondary N) is 2. The number of carbonyl (C=O) groups excluding carboxylic acids is 4. The zero-order valence-corrected chi connectivity index (χ0v) is 31.6. The van der Waals surface area contributed by atoms with Crippen LogP contribution in [-0.2, 0) is 36.7 Å². The minimum atomic E-state index is -1.22. The van der Waals surface area contributed by atoms with E-state index in [1.54, 1.807) is 65.8 Å². The lowest BCUT2D eigenvalue weighted by Gasteiger charge is -2.45. The molecule has 0 aromatic heterocycles. The first-order chi connectivity index (χ1) is 23.8. The SMILES string of the molecule is C=Cc1cccc(C(C(=O)NC(Cc2ccccc2)C(=O)OC(C)(C)C)N(C(=O)C(Cc2ccccc2)NC(=O)OC(C)(C)C)C(C)(C)CC)c1.